The summed E-state index contributed by atoms with van der Waals surface area (Å²) in [4.78, 5) is 2.55. The molecule has 1 aliphatic heterocycles. The standard InChI is InChI=1S/C29H30ClFN2O/c1-21-5-2-3-6-26(21)22-13-16-32(17-14-22)15-4-18-34-29-20-33(25-10-8-24(31)9-11-25)28-12-7-23(30)19-27(28)29/h2-3,5-12,19-20,22H,4,13-18H2,1H3. The molecule has 1 fully saturated rings. The Morgan fingerprint density at radius 1 is 1.00 bits per heavy atom. The number of halogens is 2. The molecule has 1 saturated heterocycles. The minimum Gasteiger partial charge on any atom is -0.491 e. The first kappa shape index (κ1) is 22.9. The number of rotatable bonds is 7. The maximum Gasteiger partial charge on any atom is 0.145 e. The second-order valence-electron chi connectivity index (χ2n) is 9.18. The fraction of sp³-hybridized carbons (Fsp3) is 0.310. The van der Waals surface area contributed by atoms with E-state index in [-0.39, 0.29) is 5.82 Å². The summed E-state index contributed by atoms with van der Waals surface area (Å²) in [7, 11) is 0. The highest BCUT2D eigenvalue weighted by Gasteiger charge is 2.21. The Labute approximate surface area is 205 Å². The molecule has 0 unspecified atom stereocenters. The predicted molar refractivity (Wildman–Crippen MR) is 138 cm³/mol. The Hall–Kier alpha value is -2.82. The highest BCUT2D eigenvalue weighted by molar-refractivity contribution is 6.31. The largest absolute Gasteiger partial charge is 0.491 e. The summed E-state index contributed by atoms with van der Waals surface area (Å²) in [5, 5.41) is 1.64. The van der Waals surface area contributed by atoms with Crippen molar-refractivity contribution in [1.82, 2.24) is 9.47 Å². The number of piperidine rings is 1. The number of aromatic nitrogens is 1. The second kappa shape index (κ2) is 10.2. The van der Waals surface area contributed by atoms with Gasteiger partial charge in [-0.25, -0.2) is 4.39 Å². The molecular formula is C29H30ClFN2O. The molecule has 0 bridgehead atoms. The maximum absolute atomic E-state index is 13.4. The lowest BCUT2D eigenvalue weighted by Crippen LogP contribution is -2.34. The van der Waals surface area contributed by atoms with E-state index >= 15 is 0 Å². The van der Waals surface area contributed by atoms with Crippen LogP contribution in [0, 0.1) is 12.7 Å². The molecule has 0 radical (unpaired) electrons. The number of nitrogens with zero attached hydrogens (tertiary/aromatic N) is 2. The van der Waals surface area contributed by atoms with Crippen LogP contribution < -0.4 is 4.74 Å². The van der Waals surface area contributed by atoms with Crippen LogP contribution >= 0.6 is 11.6 Å². The van der Waals surface area contributed by atoms with Crippen molar-refractivity contribution in [2.24, 2.45) is 0 Å². The van der Waals surface area contributed by atoms with Crippen molar-refractivity contribution in [2.75, 3.05) is 26.2 Å². The van der Waals surface area contributed by atoms with E-state index in [9.17, 15) is 4.39 Å². The number of aryl methyl sites for hydroxylation is 1. The maximum atomic E-state index is 13.4. The number of fused-ring (bicyclic) bond motifs is 1. The number of hydrogen-bond acceptors (Lipinski definition) is 2. The average molecular weight is 477 g/mol. The second-order valence-corrected chi connectivity index (χ2v) is 9.61. The first-order valence-corrected chi connectivity index (χ1v) is 12.4. The quantitative estimate of drug-likeness (QED) is 0.259. The van der Waals surface area contributed by atoms with Crippen LogP contribution in [0.2, 0.25) is 5.02 Å². The predicted octanol–water partition coefficient (Wildman–Crippen LogP) is 7.38. The minimum absolute atomic E-state index is 0.248. The van der Waals surface area contributed by atoms with Crippen molar-refractivity contribution in [2.45, 2.75) is 32.1 Å². The fourth-order valence-corrected chi connectivity index (χ4v) is 5.26. The van der Waals surface area contributed by atoms with Crippen LogP contribution in [0.3, 0.4) is 0 Å². The van der Waals surface area contributed by atoms with Crippen LogP contribution in [-0.2, 0) is 0 Å². The molecule has 3 nitrogen and oxygen atoms in total. The number of hydrogen-bond donors (Lipinski definition) is 0. The Kier molecular flexibility index (Phi) is 6.89. The monoisotopic (exact) mass is 476 g/mol. The fourth-order valence-electron chi connectivity index (χ4n) is 5.09. The van der Waals surface area contributed by atoms with Crippen LogP contribution in [0.4, 0.5) is 4.39 Å². The van der Waals surface area contributed by atoms with E-state index in [4.69, 9.17) is 16.3 Å². The van der Waals surface area contributed by atoms with Gasteiger partial charge in [-0.1, -0.05) is 35.9 Å². The Balaban J connectivity index is 1.19. The van der Waals surface area contributed by atoms with Gasteiger partial charge >= 0.3 is 0 Å². The van der Waals surface area contributed by atoms with E-state index in [1.807, 2.05) is 29.0 Å². The first-order chi connectivity index (χ1) is 16.6. The van der Waals surface area contributed by atoms with Crippen molar-refractivity contribution < 1.29 is 9.13 Å². The van der Waals surface area contributed by atoms with Crippen LogP contribution in [0.15, 0.2) is 72.9 Å². The molecule has 4 aromatic rings. The van der Waals surface area contributed by atoms with Crippen molar-refractivity contribution >= 4 is 22.5 Å². The Morgan fingerprint density at radius 2 is 1.76 bits per heavy atom. The molecule has 176 valence electrons. The molecule has 0 aliphatic carbocycles. The average Bonchev–Trinajstić information content (AvgIpc) is 3.21. The van der Waals surface area contributed by atoms with Crippen LogP contribution in [0.5, 0.6) is 5.75 Å². The lowest BCUT2D eigenvalue weighted by Gasteiger charge is -2.32. The molecule has 5 rings (SSSR count). The minimum atomic E-state index is -0.248. The van der Waals surface area contributed by atoms with Gasteiger partial charge in [0.25, 0.3) is 0 Å². The van der Waals surface area contributed by atoms with Gasteiger partial charge in [0.05, 0.1) is 18.3 Å². The summed E-state index contributed by atoms with van der Waals surface area (Å²) in [6.45, 7) is 6.18. The molecule has 5 heteroatoms. The van der Waals surface area contributed by atoms with Crippen LogP contribution in [0.25, 0.3) is 16.6 Å². The molecule has 1 aromatic heterocycles. The summed E-state index contributed by atoms with van der Waals surface area (Å²) in [5.41, 5.74) is 4.81. The zero-order valence-electron chi connectivity index (χ0n) is 19.5. The molecule has 0 spiro atoms. The third-order valence-electron chi connectivity index (χ3n) is 6.93. The van der Waals surface area contributed by atoms with E-state index in [1.165, 1.54) is 36.1 Å². The van der Waals surface area contributed by atoms with Crippen LogP contribution in [0.1, 0.15) is 36.3 Å². The van der Waals surface area contributed by atoms with E-state index in [0.717, 1.165) is 48.4 Å². The van der Waals surface area contributed by atoms with E-state index in [1.54, 1.807) is 12.1 Å². The Morgan fingerprint density at radius 3 is 2.53 bits per heavy atom. The smallest absolute Gasteiger partial charge is 0.145 e. The molecule has 0 atom stereocenters. The van der Waals surface area contributed by atoms with Gasteiger partial charge in [-0.15, -0.1) is 0 Å². The van der Waals surface area contributed by atoms with Gasteiger partial charge in [0.15, 0.2) is 0 Å². The number of ether oxygens (including phenoxy) is 1. The number of benzene rings is 3. The molecule has 0 N–H and O–H groups in total. The van der Waals surface area contributed by atoms with E-state index < -0.39 is 0 Å². The molecule has 1 aliphatic rings. The van der Waals surface area contributed by atoms with Gasteiger partial charge in [0.1, 0.15) is 11.6 Å². The summed E-state index contributed by atoms with van der Waals surface area (Å²) in [5.74, 6) is 1.23. The first-order valence-electron chi connectivity index (χ1n) is 12.1. The lowest BCUT2D eigenvalue weighted by molar-refractivity contribution is 0.193. The van der Waals surface area contributed by atoms with Gasteiger partial charge in [-0.05, 0) is 98.8 Å². The molecule has 0 saturated carbocycles. The zero-order valence-corrected chi connectivity index (χ0v) is 20.3. The van der Waals surface area contributed by atoms with Gasteiger partial charge in [0, 0.05) is 22.6 Å². The lowest BCUT2D eigenvalue weighted by atomic mass is 9.87. The molecule has 3 aromatic carbocycles. The normalized spacial score (nSPS) is 15.1. The van der Waals surface area contributed by atoms with Crippen molar-refractivity contribution in [3.63, 3.8) is 0 Å². The van der Waals surface area contributed by atoms with Crippen molar-refractivity contribution in [3.05, 3.63) is 94.9 Å². The van der Waals surface area contributed by atoms with Crippen molar-refractivity contribution in [1.29, 1.82) is 0 Å². The number of likely N-dealkylation sites (tertiary alicyclic amines) is 1. The third kappa shape index (κ3) is 4.98. The van der Waals surface area contributed by atoms with E-state index in [2.05, 4.69) is 36.1 Å². The van der Waals surface area contributed by atoms with Gasteiger partial charge < -0.3 is 14.2 Å². The summed E-state index contributed by atoms with van der Waals surface area (Å²) in [6.07, 6.45) is 5.38. The highest BCUT2D eigenvalue weighted by Crippen LogP contribution is 2.33. The molecular weight excluding hydrogens is 447 g/mol. The summed E-state index contributed by atoms with van der Waals surface area (Å²) < 4.78 is 21.6. The van der Waals surface area contributed by atoms with Crippen LogP contribution in [-0.4, -0.2) is 35.7 Å². The van der Waals surface area contributed by atoms with Gasteiger partial charge in [-0.2, -0.15) is 0 Å². The zero-order chi connectivity index (χ0) is 23.5. The third-order valence-corrected chi connectivity index (χ3v) is 7.16. The SMILES string of the molecule is Cc1ccccc1C1CCN(CCCOc2cn(-c3ccc(F)cc3)c3ccc(Cl)cc23)CC1. The summed E-state index contributed by atoms with van der Waals surface area (Å²) >= 11 is 6.27. The molecule has 0 amide bonds. The highest BCUT2D eigenvalue weighted by atomic mass is 35.5. The molecule has 2 heterocycles. The van der Waals surface area contributed by atoms with E-state index in [0.29, 0.717) is 17.5 Å². The Bertz CT molecular complexity index is 1260. The molecule has 34 heavy (non-hydrogen) atoms. The topological polar surface area (TPSA) is 17.4 Å². The summed E-state index contributed by atoms with van der Waals surface area (Å²) in [6, 6.07) is 21.1. The van der Waals surface area contributed by atoms with Gasteiger partial charge in [0.2, 0.25) is 0 Å². The van der Waals surface area contributed by atoms with Gasteiger partial charge in [-0.3, -0.25) is 0 Å². The van der Waals surface area contributed by atoms with Crippen molar-refractivity contribution in [3.8, 4) is 11.4 Å².